The Morgan fingerprint density at radius 1 is 1.07 bits per heavy atom. The van der Waals surface area contributed by atoms with Gasteiger partial charge in [-0.1, -0.05) is 12.1 Å². The van der Waals surface area contributed by atoms with Crippen LogP contribution in [-0.2, 0) is 21.0 Å². The largest absolute Gasteiger partial charge is 0.419 e. The Morgan fingerprint density at radius 3 is 2.39 bits per heavy atom. The molecule has 0 aromatic heterocycles. The Morgan fingerprint density at radius 2 is 1.76 bits per heavy atom. The number of carbonyl (C=O) groups is 2. The summed E-state index contributed by atoms with van der Waals surface area (Å²) in [6.07, 6.45) is -1.56. The van der Waals surface area contributed by atoms with Crippen molar-refractivity contribution in [1.29, 1.82) is 0 Å². The highest BCUT2D eigenvalue weighted by Crippen LogP contribution is 2.35. The molecule has 8 nitrogen and oxygen atoms in total. The second-order valence-electron chi connectivity index (χ2n) is 10.4. The van der Waals surface area contributed by atoms with E-state index in [2.05, 4.69) is 10.3 Å². The summed E-state index contributed by atoms with van der Waals surface area (Å²) in [6, 6.07) is 7.84. The van der Waals surface area contributed by atoms with Crippen molar-refractivity contribution in [2.75, 3.05) is 26.2 Å². The normalized spacial score (nSPS) is 19.7. The number of aryl methyl sites for hydroxylation is 1. The quantitative estimate of drug-likeness (QED) is 0.529. The fourth-order valence-electron chi connectivity index (χ4n) is 5.37. The second kappa shape index (κ2) is 10.7. The molecule has 1 N–H and O–H groups in total. The first kappa shape index (κ1) is 28.9. The molecule has 0 unspecified atom stereocenters. The lowest BCUT2D eigenvalue weighted by Gasteiger charge is -2.34. The van der Waals surface area contributed by atoms with Crippen LogP contribution in [0.25, 0.3) is 6.08 Å². The lowest BCUT2D eigenvalue weighted by Crippen LogP contribution is -2.50. The Bertz CT molecular complexity index is 1560. The minimum absolute atomic E-state index is 0.0255. The number of rotatable bonds is 5. The summed E-state index contributed by atoms with van der Waals surface area (Å²) in [6.45, 7) is 3.12. The summed E-state index contributed by atoms with van der Waals surface area (Å²) in [5.41, 5.74) is -1.43. The van der Waals surface area contributed by atoms with Crippen molar-refractivity contribution in [3.8, 4) is 0 Å². The van der Waals surface area contributed by atoms with Crippen molar-refractivity contribution in [2.24, 2.45) is 4.99 Å². The van der Waals surface area contributed by atoms with Crippen LogP contribution in [0.2, 0.25) is 0 Å². The number of sulfonamides is 1. The van der Waals surface area contributed by atoms with Gasteiger partial charge in [-0.15, -0.1) is 0 Å². The Labute approximate surface area is 234 Å². The number of aliphatic imine (C=N–C) groups is 1. The van der Waals surface area contributed by atoms with Gasteiger partial charge in [0.1, 0.15) is 17.2 Å². The van der Waals surface area contributed by atoms with Crippen LogP contribution in [0.1, 0.15) is 58.3 Å². The average Bonchev–Trinajstić information content (AvgIpc) is 3.56. The lowest BCUT2D eigenvalue weighted by molar-refractivity contribution is -0.140. The Balaban J connectivity index is 1.28. The average molecular weight is 593 g/mol. The Kier molecular flexibility index (Phi) is 7.53. The minimum atomic E-state index is -4.92. The number of amides is 2. The Hall–Kier alpha value is -3.58. The van der Waals surface area contributed by atoms with E-state index in [0.29, 0.717) is 17.2 Å². The van der Waals surface area contributed by atoms with E-state index in [4.69, 9.17) is 0 Å². The molecule has 41 heavy (non-hydrogen) atoms. The van der Waals surface area contributed by atoms with E-state index in [9.17, 15) is 35.6 Å². The zero-order valence-electron chi connectivity index (χ0n) is 22.2. The molecule has 0 radical (unpaired) electrons. The van der Waals surface area contributed by atoms with Crippen molar-refractivity contribution in [3.05, 3.63) is 75.4 Å². The number of alkyl halides is 3. The van der Waals surface area contributed by atoms with Crippen LogP contribution in [0.5, 0.6) is 0 Å². The van der Waals surface area contributed by atoms with Gasteiger partial charge in [0.05, 0.1) is 11.1 Å². The summed E-state index contributed by atoms with van der Waals surface area (Å²) < 4.78 is 81.4. The molecule has 218 valence electrons. The summed E-state index contributed by atoms with van der Waals surface area (Å²) >= 11 is 0. The van der Waals surface area contributed by atoms with Gasteiger partial charge in [-0.05, 0) is 74.1 Å². The fourth-order valence-corrected chi connectivity index (χ4v) is 6.55. The maximum atomic E-state index is 14.6. The number of halogens is 4. The molecule has 3 aliphatic heterocycles. The van der Waals surface area contributed by atoms with E-state index in [0.717, 1.165) is 49.0 Å². The number of likely N-dealkylation sites (tertiary alicyclic amines) is 1. The van der Waals surface area contributed by atoms with Gasteiger partial charge in [0.2, 0.25) is 10.0 Å². The van der Waals surface area contributed by atoms with E-state index in [-0.39, 0.29) is 37.7 Å². The minimum Gasteiger partial charge on any atom is -0.339 e. The van der Waals surface area contributed by atoms with Gasteiger partial charge in [0, 0.05) is 37.2 Å². The molecular weight excluding hydrogens is 564 g/mol. The standard InChI is InChI=1S/C28H28F4N4O4S/c1-18-17-20(25(37)35-12-2-3-13-35)8-7-19(18)9-16-41(39,40)36-14-10-27(11-15-36)26(38)33-24(34-27)21-5-4-6-22(23(21)29)28(30,31)32/h4-9,16-17H,2-3,10-15H2,1H3,(H,33,34,38). The molecule has 3 heterocycles. The molecule has 2 fully saturated rings. The van der Waals surface area contributed by atoms with Crippen molar-refractivity contribution in [1.82, 2.24) is 14.5 Å². The molecule has 0 saturated carbocycles. The number of amidine groups is 1. The van der Waals surface area contributed by atoms with Crippen LogP contribution < -0.4 is 5.32 Å². The highest BCUT2D eigenvalue weighted by Gasteiger charge is 2.48. The first-order chi connectivity index (χ1) is 19.3. The predicted molar refractivity (Wildman–Crippen MR) is 144 cm³/mol. The molecular formula is C28H28F4N4O4S. The predicted octanol–water partition coefficient (Wildman–Crippen LogP) is 4.10. The zero-order chi connectivity index (χ0) is 29.6. The van der Waals surface area contributed by atoms with Crippen LogP contribution in [0.3, 0.4) is 0 Å². The SMILES string of the molecule is Cc1cc(C(=O)N2CCCC2)ccc1C=CS(=O)(=O)N1CCC2(CC1)N=C(c1cccc(C(F)(F)F)c1F)NC2=O. The van der Waals surface area contributed by atoms with Crippen LogP contribution in [0.15, 0.2) is 46.8 Å². The smallest absolute Gasteiger partial charge is 0.339 e. The number of piperidine rings is 1. The molecule has 0 atom stereocenters. The third-order valence-corrected chi connectivity index (χ3v) is 9.34. The van der Waals surface area contributed by atoms with Crippen LogP contribution in [-0.4, -0.2) is 67.0 Å². The lowest BCUT2D eigenvalue weighted by atomic mass is 9.89. The third kappa shape index (κ3) is 5.65. The van der Waals surface area contributed by atoms with Crippen LogP contribution >= 0.6 is 0 Å². The van der Waals surface area contributed by atoms with Crippen molar-refractivity contribution in [2.45, 2.75) is 44.3 Å². The van der Waals surface area contributed by atoms with Gasteiger partial charge in [-0.3, -0.25) is 14.6 Å². The highest BCUT2D eigenvalue weighted by molar-refractivity contribution is 7.92. The van der Waals surface area contributed by atoms with Crippen molar-refractivity contribution >= 4 is 33.7 Å². The van der Waals surface area contributed by atoms with Gasteiger partial charge in [0.25, 0.3) is 11.8 Å². The molecule has 3 aliphatic rings. The number of hydrogen-bond acceptors (Lipinski definition) is 5. The second-order valence-corrected chi connectivity index (χ2v) is 12.2. The summed E-state index contributed by atoms with van der Waals surface area (Å²) in [5.74, 6) is -2.51. The van der Waals surface area contributed by atoms with Crippen LogP contribution in [0, 0.1) is 12.7 Å². The molecule has 13 heteroatoms. The van der Waals surface area contributed by atoms with Gasteiger partial charge < -0.3 is 10.2 Å². The highest BCUT2D eigenvalue weighted by atomic mass is 32.2. The number of benzene rings is 2. The van der Waals surface area contributed by atoms with E-state index in [1.807, 2.05) is 0 Å². The number of hydrogen-bond donors (Lipinski definition) is 1. The van der Waals surface area contributed by atoms with Gasteiger partial charge in [-0.25, -0.2) is 12.8 Å². The van der Waals surface area contributed by atoms with Crippen molar-refractivity contribution in [3.63, 3.8) is 0 Å². The van der Waals surface area contributed by atoms with Gasteiger partial charge in [0.15, 0.2) is 0 Å². The fraction of sp³-hybridized carbons (Fsp3) is 0.393. The molecule has 1 spiro atoms. The van der Waals surface area contributed by atoms with E-state index < -0.39 is 44.6 Å². The third-order valence-electron chi connectivity index (χ3n) is 7.78. The maximum Gasteiger partial charge on any atom is 0.419 e. The van der Waals surface area contributed by atoms with E-state index >= 15 is 0 Å². The number of nitrogens with one attached hydrogen (secondary N) is 1. The number of carbonyl (C=O) groups excluding carboxylic acids is 2. The summed E-state index contributed by atoms with van der Waals surface area (Å²) in [5, 5.41) is 3.45. The van der Waals surface area contributed by atoms with Crippen molar-refractivity contribution < 1.29 is 35.6 Å². The molecule has 0 aliphatic carbocycles. The summed E-state index contributed by atoms with van der Waals surface area (Å²) in [4.78, 5) is 31.5. The topological polar surface area (TPSA) is 99.2 Å². The molecule has 2 amide bonds. The monoisotopic (exact) mass is 592 g/mol. The van der Waals surface area contributed by atoms with E-state index in [1.165, 1.54) is 10.4 Å². The summed E-state index contributed by atoms with van der Waals surface area (Å²) in [7, 11) is -3.88. The zero-order valence-corrected chi connectivity index (χ0v) is 23.0. The molecule has 2 aromatic rings. The maximum absolute atomic E-state index is 14.6. The first-order valence-electron chi connectivity index (χ1n) is 13.2. The van der Waals surface area contributed by atoms with Gasteiger partial charge >= 0.3 is 6.18 Å². The molecule has 2 saturated heterocycles. The molecule has 5 rings (SSSR count). The molecule has 2 aromatic carbocycles. The van der Waals surface area contributed by atoms with E-state index in [1.54, 1.807) is 30.0 Å². The molecule has 0 bridgehead atoms. The number of nitrogens with zero attached hydrogens (tertiary/aromatic N) is 3. The van der Waals surface area contributed by atoms with Gasteiger partial charge in [-0.2, -0.15) is 17.5 Å². The first-order valence-corrected chi connectivity index (χ1v) is 14.7. The van der Waals surface area contributed by atoms with Crippen LogP contribution in [0.4, 0.5) is 17.6 Å².